The van der Waals surface area contributed by atoms with Crippen LogP contribution in [0, 0.1) is 10.1 Å². The predicted molar refractivity (Wildman–Crippen MR) is 110 cm³/mol. The maximum absolute atomic E-state index is 12.4. The molecule has 1 N–H and O–H groups in total. The number of ketones is 1. The van der Waals surface area contributed by atoms with Crippen molar-refractivity contribution in [2.24, 2.45) is 0 Å². The fourth-order valence-electron chi connectivity index (χ4n) is 3.58. The van der Waals surface area contributed by atoms with Gasteiger partial charge < -0.3 is 19.7 Å². The molecule has 1 amide bonds. The van der Waals surface area contributed by atoms with Gasteiger partial charge in [-0.1, -0.05) is 0 Å². The minimum Gasteiger partial charge on any atom is -0.482 e. The number of amides is 1. The monoisotopic (exact) mass is 425 g/mol. The fourth-order valence-corrected chi connectivity index (χ4v) is 3.58. The molecule has 0 atom stereocenters. The summed E-state index contributed by atoms with van der Waals surface area (Å²) in [5.74, 6) is -1.21. The number of hydrogen-bond donors (Lipinski definition) is 1. The van der Waals surface area contributed by atoms with Crippen LogP contribution < -0.4 is 15.0 Å². The van der Waals surface area contributed by atoms with Crippen LogP contribution in [0.5, 0.6) is 5.75 Å². The molecule has 31 heavy (non-hydrogen) atoms. The molecule has 0 radical (unpaired) electrons. The summed E-state index contributed by atoms with van der Waals surface area (Å²) in [7, 11) is 0. The molecule has 10 heteroatoms. The molecule has 2 aliphatic rings. The Hall–Kier alpha value is -3.95. The number of Topliss-reactive ketones (excluding diaryl/α,β-unsaturated/α-hetero) is 1. The van der Waals surface area contributed by atoms with E-state index in [4.69, 9.17) is 9.47 Å². The molecule has 0 saturated carbocycles. The van der Waals surface area contributed by atoms with Crippen molar-refractivity contribution in [3.8, 4) is 5.75 Å². The van der Waals surface area contributed by atoms with Crippen molar-refractivity contribution in [3.63, 3.8) is 0 Å². The van der Waals surface area contributed by atoms with Crippen LogP contribution in [0.3, 0.4) is 0 Å². The van der Waals surface area contributed by atoms with Crippen molar-refractivity contribution < 1.29 is 28.8 Å². The summed E-state index contributed by atoms with van der Waals surface area (Å²) in [5.41, 5.74) is 0.879. The molecular formula is C21H19N3O7. The molecule has 0 unspecified atom stereocenters. The van der Waals surface area contributed by atoms with Gasteiger partial charge in [0.2, 0.25) is 0 Å². The fraction of sp³-hybridized carbons (Fsp3) is 0.286. The van der Waals surface area contributed by atoms with Crippen LogP contribution in [0.1, 0.15) is 33.6 Å². The first-order valence-electron chi connectivity index (χ1n) is 9.73. The average molecular weight is 425 g/mol. The maximum atomic E-state index is 12.4. The van der Waals surface area contributed by atoms with Gasteiger partial charge >= 0.3 is 5.97 Å². The Morgan fingerprint density at radius 3 is 2.61 bits per heavy atom. The highest BCUT2D eigenvalue weighted by atomic mass is 16.6. The zero-order chi connectivity index (χ0) is 22.0. The van der Waals surface area contributed by atoms with Gasteiger partial charge in [0.05, 0.1) is 16.2 Å². The second-order valence-corrected chi connectivity index (χ2v) is 7.20. The number of carbonyl (C=O) groups excluding carboxylic acids is 3. The Bertz CT molecular complexity index is 1080. The molecule has 2 aromatic rings. The molecule has 4 rings (SSSR count). The van der Waals surface area contributed by atoms with E-state index in [2.05, 4.69) is 5.32 Å². The van der Waals surface area contributed by atoms with Crippen molar-refractivity contribution in [2.75, 3.05) is 36.5 Å². The molecule has 2 aliphatic heterocycles. The van der Waals surface area contributed by atoms with E-state index in [0.29, 0.717) is 17.1 Å². The zero-order valence-corrected chi connectivity index (χ0v) is 16.5. The number of nitro groups is 1. The van der Waals surface area contributed by atoms with Gasteiger partial charge in [-0.3, -0.25) is 19.7 Å². The Kier molecular flexibility index (Phi) is 5.52. The van der Waals surface area contributed by atoms with Gasteiger partial charge in [0.25, 0.3) is 11.6 Å². The first-order valence-corrected chi connectivity index (χ1v) is 9.73. The number of carbonyl (C=O) groups is 3. The Labute approximate surface area is 176 Å². The van der Waals surface area contributed by atoms with E-state index < -0.39 is 23.3 Å². The molecule has 160 valence electrons. The van der Waals surface area contributed by atoms with Crippen molar-refractivity contribution in [1.29, 1.82) is 0 Å². The summed E-state index contributed by atoms with van der Waals surface area (Å²) in [6, 6.07) is 8.66. The topological polar surface area (TPSA) is 128 Å². The number of benzene rings is 2. The van der Waals surface area contributed by atoms with Crippen LogP contribution in [-0.2, 0) is 9.53 Å². The third kappa shape index (κ3) is 4.32. The molecule has 1 fully saturated rings. The summed E-state index contributed by atoms with van der Waals surface area (Å²) in [4.78, 5) is 49.1. The summed E-state index contributed by atoms with van der Waals surface area (Å²) >= 11 is 0. The van der Waals surface area contributed by atoms with E-state index >= 15 is 0 Å². The van der Waals surface area contributed by atoms with Gasteiger partial charge in [0.15, 0.2) is 19.0 Å². The minimum absolute atomic E-state index is 0.00597. The lowest BCUT2D eigenvalue weighted by Gasteiger charge is -2.18. The van der Waals surface area contributed by atoms with Gasteiger partial charge in [0.1, 0.15) is 11.4 Å². The van der Waals surface area contributed by atoms with Crippen molar-refractivity contribution in [2.45, 2.75) is 12.8 Å². The molecule has 1 saturated heterocycles. The maximum Gasteiger partial charge on any atom is 0.338 e. The third-order valence-corrected chi connectivity index (χ3v) is 5.12. The van der Waals surface area contributed by atoms with Crippen LogP contribution in [-0.4, -0.2) is 48.9 Å². The lowest BCUT2D eigenvalue weighted by atomic mass is 10.1. The van der Waals surface area contributed by atoms with Crippen LogP contribution >= 0.6 is 0 Å². The van der Waals surface area contributed by atoms with Crippen LogP contribution in [0.25, 0.3) is 0 Å². The second-order valence-electron chi connectivity index (χ2n) is 7.20. The zero-order valence-electron chi connectivity index (χ0n) is 16.5. The highest BCUT2D eigenvalue weighted by Gasteiger charge is 2.25. The van der Waals surface area contributed by atoms with Crippen LogP contribution in [0.4, 0.5) is 17.1 Å². The van der Waals surface area contributed by atoms with Crippen LogP contribution in [0.15, 0.2) is 36.4 Å². The van der Waals surface area contributed by atoms with Gasteiger partial charge in [-0.15, -0.1) is 0 Å². The number of esters is 1. The SMILES string of the molecule is O=C1COc2ccc(C(=O)COC(=O)c3ccc(N4CCCC4)c([N+](=O)[O-])c3)cc2N1. The molecule has 0 spiro atoms. The number of rotatable bonds is 6. The average Bonchev–Trinajstić information content (AvgIpc) is 3.31. The van der Waals surface area contributed by atoms with E-state index in [1.807, 2.05) is 4.90 Å². The minimum atomic E-state index is -0.834. The highest BCUT2D eigenvalue weighted by molar-refractivity contribution is 6.02. The molecule has 10 nitrogen and oxygen atoms in total. The van der Waals surface area contributed by atoms with Gasteiger partial charge in [-0.25, -0.2) is 4.79 Å². The van der Waals surface area contributed by atoms with E-state index in [-0.39, 0.29) is 29.3 Å². The van der Waals surface area contributed by atoms with Gasteiger partial charge in [-0.05, 0) is 43.2 Å². The highest BCUT2D eigenvalue weighted by Crippen LogP contribution is 2.32. The Morgan fingerprint density at radius 2 is 1.87 bits per heavy atom. The number of anilines is 2. The molecule has 0 aliphatic carbocycles. The molecule has 2 heterocycles. The van der Waals surface area contributed by atoms with E-state index in [9.17, 15) is 24.5 Å². The first kappa shape index (κ1) is 20.3. The largest absolute Gasteiger partial charge is 0.482 e. The number of fused-ring (bicyclic) bond motifs is 1. The standard InChI is InChI=1S/C21H19N3O7/c25-18(13-4-6-19-15(9-13)22-20(26)12-30-19)11-31-21(27)14-3-5-16(17(10-14)24(28)29)23-7-1-2-8-23/h3-6,9-10H,1-2,7-8,11-12H2,(H,22,26). The Balaban J connectivity index is 1.44. The summed E-state index contributed by atoms with van der Waals surface area (Å²) < 4.78 is 10.3. The van der Waals surface area contributed by atoms with Crippen molar-refractivity contribution in [3.05, 3.63) is 57.6 Å². The lowest BCUT2D eigenvalue weighted by molar-refractivity contribution is -0.384. The van der Waals surface area contributed by atoms with Gasteiger partial charge in [-0.2, -0.15) is 0 Å². The second kappa shape index (κ2) is 8.42. The first-order chi connectivity index (χ1) is 14.9. The molecule has 0 aromatic heterocycles. The third-order valence-electron chi connectivity index (χ3n) is 5.12. The van der Waals surface area contributed by atoms with Crippen molar-refractivity contribution in [1.82, 2.24) is 0 Å². The lowest BCUT2D eigenvalue weighted by Crippen LogP contribution is -2.25. The van der Waals surface area contributed by atoms with Crippen LogP contribution in [0.2, 0.25) is 0 Å². The summed E-state index contributed by atoms with van der Waals surface area (Å²) in [5, 5.41) is 14.1. The normalized spacial score (nSPS) is 15.0. The van der Waals surface area contributed by atoms with Crippen molar-refractivity contribution >= 4 is 34.7 Å². The quantitative estimate of drug-likeness (QED) is 0.324. The van der Waals surface area contributed by atoms with E-state index in [1.165, 1.54) is 30.3 Å². The smallest absolute Gasteiger partial charge is 0.338 e. The summed E-state index contributed by atoms with van der Waals surface area (Å²) in [6.45, 7) is 0.811. The van der Waals surface area contributed by atoms with E-state index in [0.717, 1.165) is 25.9 Å². The number of nitrogens with one attached hydrogen (secondary N) is 1. The van der Waals surface area contributed by atoms with Gasteiger partial charge in [0, 0.05) is 24.7 Å². The predicted octanol–water partition coefficient (Wildman–Crippen LogP) is 2.57. The number of nitrogens with zero attached hydrogens (tertiary/aromatic N) is 2. The molecular weight excluding hydrogens is 406 g/mol. The number of hydrogen-bond acceptors (Lipinski definition) is 8. The number of ether oxygens (including phenoxy) is 2. The molecule has 0 bridgehead atoms. The summed E-state index contributed by atoms with van der Waals surface area (Å²) in [6.07, 6.45) is 1.92. The molecule has 2 aromatic carbocycles. The van der Waals surface area contributed by atoms with E-state index in [1.54, 1.807) is 6.07 Å². The number of nitro benzene ring substituents is 1. The Morgan fingerprint density at radius 1 is 1.13 bits per heavy atom.